The summed E-state index contributed by atoms with van der Waals surface area (Å²) in [5.41, 5.74) is 3.60. The molecular weight excluding hydrogens is 420 g/mol. The summed E-state index contributed by atoms with van der Waals surface area (Å²) in [6.45, 7) is 10.4. The highest BCUT2D eigenvalue weighted by Crippen LogP contribution is 2.31. The van der Waals surface area contributed by atoms with Gasteiger partial charge in [-0.05, 0) is 37.6 Å². The summed E-state index contributed by atoms with van der Waals surface area (Å²) < 4.78 is 5.54. The van der Waals surface area contributed by atoms with Gasteiger partial charge in [0.05, 0.1) is 25.5 Å². The molecule has 1 aromatic carbocycles. The number of amides is 3. The smallest absolute Gasteiger partial charge is 0.319 e. The van der Waals surface area contributed by atoms with Crippen LogP contribution in [0.1, 0.15) is 32.0 Å². The minimum absolute atomic E-state index is 0.0449. The maximum absolute atomic E-state index is 12.6. The largest absolute Gasteiger partial charge is 0.378 e. The summed E-state index contributed by atoms with van der Waals surface area (Å²) in [5, 5.41) is 5.52. The van der Waals surface area contributed by atoms with Crippen molar-refractivity contribution < 1.29 is 14.3 Å². The monoisotopic (exact) mass is 452 g/mol. The normalized spacial score (nSPS) is 15.9. The Labute approximate surface area is 194 Å². The molecule has 9 heteroatoms. The van der Waals surface area contributed by atoms with Crippen LogP contribution in [0.25, 0.3) is 11.4 Å². The molecule has 4 rings (SSSR count). The summed E-state index contributed by atoms with van der Waals surface area (Å²) >= 11 is 0. The van der Waals surface area contributed by atoms with Gasteiger partial charge >= 0.3 is 6.03 Å². The van der Waals surface area contributed by atoms with Crippen LogP contribution in [0.4, 0.5) is 16.3 Å². The number of urea groups is 1. The third-order valence-corrected chi connectivity index (χ3v) is 5.90. The maximum atomic E-state index is 12.6. The van der Waals surface area contributed by atoms with E-state index < -0.39 is 0 Å². The molecule has 33 heavy (non-hydrogen) atoms. The number of aromatic nitrogens is 2. The van der Waals surface area contributed by atoms with Gasteiger partial charge in [-0.3, -0.25) is 4.79 Å². The first kappa shape index (κ1) is 23.0. The number of morpholine rings is 1. The lowest BCUT2D eigenvalue weighted by molar-refractivity contribution is -0.135. The van der Waals surface area contributed by atoms with Crippen LogP contribution in [0.2, 0.25) is 0 Å². The molecule has 1 saturated heterocycles. The second-order valence-corrected chi connectivity index (χ2v) is 8.62. The number of nitrogens with zero attached hydrogens (tertiary/aromatic N) is 4. The van der Waals surface area contributed by atoms with Crippen molar-refractivity contribution in [3.8, 4) is 11.4 Å². The zero-order chi connectivity index (χ0) is 23.4. The van der Waals surface area contributed by atoms with E-state index >= 15 is 0 Å². The number of carbonyl (C=O) groups is 2. The van der Waals surface area contributed by atoms with E-state index in [9.17, 15) is 9.59 Å². The van der Waals surface area contributed by atoms with E-state index in [-0.39, 0.29) is 17.9 Å². The van der Waals surface area contributed by atoms with Gasteiger partial charge in [0, 0.05) is 48.9 Å². The predicted octanol–water partition coefficient (Wildman–Crippen LogP) is 2.66. The molecule has 3 heterocycles. The van der Waals surface area contributed by atoms with Crippen LogP contribution in [-0.4, -0.2) is 66.2 Å². The molecule has 0 radical (unpaired) electrons. The molecule has 0 spiro atoms. The van der Waals surface area contributed by atoms with Crippen LogP contribution in [0.15, 0.2) is 24.3 Å². The Kier molecular flexibility index (Phi) is 7.08. The molecular formula is C24H32N6O3. The molecule has 1 fully saturated rings. The summed E-state index contributed by atoms with van der Waals surface area (Å²) in [5.74, 6) is 1.67. The van der Waals surface area contributed by atoms with E-state index in [1.54, 1.807) is 0 Å². The van der Waals surface area contributed by atoms with Gasteiger partial charge in [0.2, 0.25) is 5.91 Å². The Hall–Kier alpha value is -3.20. The number of fused-ring (bicyclic) bond motifs is 1. The average molecular weight is 453 g/mol. The number of hydrogen-bond donors (Lipinski definition) is 2. The zero-order valence-electron chi connectivity index (χ0n) is 19.6. The fraction of sp³-hybridized carbons (Fsp3) is 0.500. The molecule has 2 aromatic rings. The Bertz CT molecular complexity index is 1000. The van der Waals surface area contributed by atoms with Gasteiger partial charge in [-0.1, -0.05) is 13.8 Å². The van der Waals surface area contributed by atoms with Crippen LogP contribution in [0, 0.1) is 5.92 Å². The lowest BCUT2D eigenvalue weighted by atomic mass is 10.0. The quantitative estimate of drug-likeness (QED) is 0.724. The van der Waals surface area contributed by atoms with Gasteiger partial charge < -0.3 is 25.2 Å². The van der Waals surface area contributed by atoms with Crippen LogP contribution < -0.4 is 15.5 Å². The van der Waals surface area contributed by atoms with E-state index in [0.29, 0.717) is 44.4 Å². The first-order valence-electron chi connectivity index (χ1n) is 11.6. The van der Waals surface area contributed by atoms with Crippen molar-refractivity contribution in [1.29, 1.82) is 0 Å². The lowest BCUT2D eigenvalue weighted by Gasteiger charge is -2.34. The van der Waals surface area contributed by atoms with Crippen LogP contribution >= 0.6 is 0 Å². The van der Waals surface area contributed by atoms with Crippen molar-refractivity contribution >= 4 is 23.4 Å². The highest BCUT2D eigenvalue weighted by atomic mass is 16.5. The van der Waals surface area contributed by atoms with Crippen molar-refractivity contribution in [2.45, 2.75) is 33.7 Å². The molecule has 2 N–H and O–H groups in total. The summed E-state index contributed by atoms with van der Waals surface area (Å²) in [6, 6.07) is 7.27. The third-order valence-electron chi connectivity index (χ3n) is 5.90. The van der Waals surface area contributed by atoms with Gasteiger partial charge in [0.25, 0.3) is 0 Å². The molecule has 0 unspecified atom stereocenters. The number of anilines is 2. The third kappa shape index (κ3) is 5.24. The van der Waals surface area contributed by atoms with Crippen LogP contribution in [0.3, 0.4) is 0 Å². The Morgan fingerprint density at radius 3 is 2.48 bits per heavy atom. The minimum atomic E-state index is -0.236. The number of carbonyl (C=O) groups excluding carboxylic acids is 2. The second kappa shape index (κ2) is 10.2. The van der Waals surface area contributed by atoms with Gasteiger partial charge in [-0.25, -0.2) is 14.8 Å². The van der Waals surface area contributed by atoms with E-state index in [2.05, 4.69) is 15.5 Å². The fourth-order valence-electron chi connectivity index (χ4n) is 4.17. The van der Waals surface area contributed by atoms with Crippen molar-refractivity contribution in [2.75, 3.05) is 49.6 Å². The van der Waals surface area contributed by atoms with Gasteiger partial charge in [-0.15, -0.1) is 0 Å². The molecule has 0 saturated carbocycles. The SMILES string of the molecule is CCNC(=O)Nc1ccc(-c2nc3c(c(N4CCOCC4)n2)CCN(C(=O)C(C)C)C3)cc1. The summed E-state index contributed by atoms with van der Waals surface area (Å²) in [6.07, 6.45) is 0.746. The molecule has 176 valence electrons. The zero-order valence-corrected chi connectivity index (χ0v) is 19.6. The first-order valence-corrected chi connectivity index (χ1v) is 11.6. The van der Waals surface area contributed by atoms with E-state index in [0.717, 1.165) is 42.1 Å². The van der Waals surface area contributed by atoms with Gasteiger partial charge in [0.15, 0.2) is 5.82 Å². The lowest BCUT2D eigenvalue weighted by Crippen LogP contribution is -2.41. The molecule has 3 amide bonds. The summed E-state index contributed by atoms with van der Waals surface area (Å²) in [7, 11) is 0. The van der Waals surface area contributed by atoms with Crippen molar-refractivity contribution in [3.63, 3.8) is 0 Å². The summed E-state index contributed by atoms with van der Waals surface area (Å²) in [4.78, 5) is 38.4. The number of benzene rings is 1. The molecule has 0 atom stereocenters. The molecule has 0 bridgehead atoms. The highest BCUT2D eigenvalue weighted by molar-refractivity contribution is 5.89. The van der Waals surface area contributed by atoms with Crippen molar-refractivity contribution in [3.05, 3.63) is 35.5 Å². The average Bonchev–Trinajstić information content (AvgIpc) is 2.83. The van der Waals surface area contributed by atoms with Crippen molar-refractivity contribution in [2.24, 2.45) is 5.92 Å². The molecule has 2 aliphatic heterocycles. The number of ether oxygens (including phenoxy) is 1. The predicted molar refractivity (Wildman–Crippen MR) is 127 cm³/mol. The fourth-order valence-corrected chi connectivity index (χ4v) is 4.17. The molecule has 2 aliphatic rings. The Morgan fingerprint density at radius 1 is 1.09 bits per heavy atom. The highest BCUT2D eigenvalue weighted by Gasteiger charge is 2.29. The van der Waals surface area contributed by atoms with Gasteiger partial charge in [0.1, 0.15) is 5.82 Å². The topological polar surface area (TPSA) is 99.7 Å². The standard InChI is InChI=1S/C24H32N6O3/c1-4-25-24(32)26-18-7-5-17(6-8-18)21-27-20-15-30(23(31)16(2)3)10-9-19(20)22(28-21)29-11-13-33-14-12-29/h5-8,16H,4,9-15H2,1-3H3,(H2,25,26,32). The van der Waals surface area contributed by atoms with E-state index in [1.807, 2.05) is 49.9 Å². The maximum Gasteiger partial charge on any atom is 0.319 e. The van der Waals surface area contributed by atoms with Crippen molar-refractivity contribution in [1.82, 2.24) is 20.2 Å². The van der Waals surface area contributed by atoms with E-state index in [4.69, 9.17) is 14.7 Å². The number of nitrogens with one attached hydrogen (secondary N) is 2. The molecule has 1 aromatic heterocycles. The second-order valence-electron chi connectivity index (χ2n) is 8.62. The Balaban J connectivity index is 1.66. The van der Waals surface area contributed by atoms with Gasteiger partial charge in [-0.2, -0.15) is 0 Å². The molecule has 0 aliphatic carbocycles. The number of rotatable bonds is 5. The van der Waals surface area contributed by atoms with Crippen LogP contribution in [-0.2, 0) is 22.5 Å². The van der Waals surface area contributed by atoms with Crippen LogP contribution in [0.5, 0.6) is 0 Å². The minimum Gasteiger partial charge on any atom is -0.378 e. The molecule has 9 nitrogen and oxygen atoms in total. The number of hydrogen-bond acceptors (Lipinski definition) is 6. The first-order chi connectivity index (χ1) is 16.0. The van der Waals surface area contributed by atoms with E-state index in [1.165, 1.54) is 0 Å². The Morgan fingerprint density at radius 2 is 1.82 bits per heavy atom.